The molecule has 1 aliphatic rings. The second kappa shape index (κ2) is 11.3. The highest BCUT2D eigenvalue weighted by Crippen LogP contribution is 2.29. The first-order valence-electron chi connectivity index (χ1n) is 11.9. The van der Waals surface area contributed by atoms with E-state index in [0.717, 1.165) is 10.0 Å². The fourth-order valence-corrected chi connectivity index (χ4v) is 4.44. The number of nitrogens with zero attached hydrogens (tertiary/aromatic N) is 4. The van der Waals surface area contributed by atoms with Gasteiger partial charge in [-0.05, 0) is 42.0 Å². The number of nitro benzene ring substituents is 1. The largest absolute Gasteiger partial charge is 0.326 e. The van der Waals surface area contributed by atoms with Gasteiger partial charge in [-0.3, -0.25) is 24.7 Å². The molecule has 10 nitrogen and oxygen atoms in total. The van der Waals surface area contributed by atoms with E-state index >= 15 is 0 Å². The number of aromatic nitrogens is 2. The number of halogens is 1. The number of nitrogens with one attached hydrogen (secondary N) is 2. The Balaban J connectivity index is 1.45. The zero-order valence-electron chi connectivity index (χ0n) is 20.4. The van der Waals surface area contributed by atoms with Crippen LogP contribution in [-0.4, -0.2) is 38.5 Å². The fraction of sp³-hybridized carbons (Fsp3) is 0.107. The smallest absolute Gasteiger partial charge is 0.271 e. The topological polar surface area (TPSA) is 139 Å². The summed E-state index contributed by atoms with van der Waals surface area (Å²) < 4.78 is 0.921. The number of fused-ring (bicyclic) bond motifs is 1. The van der Waals surface area contributed by atoms with Crippen molar-refractivity contribution in [1.82, 2.24) is 9.97 Å². The van der Waals surface area contributed by atoms with Gasteiger partial charge in [-0.1, -0.05) is 40.2 Å². The summed E-state index contributed by atoms with van der Waals surface area (Å²) in [6, 6.07) is 19.9. The van der Waals surface area contributed by atoms with Gasteiger partial charge in [-0.15, -0.1) is 0 Å². The first-order valence-corrected chi connectivity index (χ1v) is 12.7. The van der Waals surface area contributed by atoms with Gasteiger partial charge in [0.05, 0.1) is 28.4 Å². The van der Waals surface area contributed by atoms with Gasteiger partial charge in [0.1, 0.15) is 12.4 Å². The van der Waals surface area contributed by atoms with Crippen LogP contribution in [0.4, 0.5) is 17.1 Å². The van der Waals surface area contributed by atoms with E-state index in [9.17, 15) is 19.7 Å². The van der Waals surface area contributed by atoms with Gasteiger partial charge in [-0.2, -0.15) is 0 Å². The van der Waals surface area contributed by atoms with Crippen LogP contribution in [0.2, 0.25) is 0 Å². The third-order valence-corrected chi connectivity index (χ3v) is 6.61. The van der Waals surface area contributed by atoms with Crippen molar-refractivity contribution in [3.8, 4) is 0 Å². The number of hydrogen-bond donors (Lipinski definition) is 2. The Labute approximate surface area is 231 Å². The molecule has 1 aliphatic heterocycles. The van der Waals surface area contributed by atoms with Crippen LogP contribution in [0.25, 0.3) is 0 Å². The van der Waals surface area contributed by atoms with Crippen LogP contribution < -0.4 is 10.6 Å². The molecule has 5 rings (SSSR count). The van der Waals surface area contributed by atoms with Gasteiger partial charge < -0.3 is 10.6 Å². The molecule has 2 heterocycles. The summed E-state index contributed by atoms with van der Waals surface area (Å²) in [6.45, 7) is 0. The molecular weight excluding hydrogens is 564 g/mol. The first kappa shape index (κ1) is 25.9. The molecule has 0 bridgehead atoms. The predicted molar refractivity (Wildman–Crippen MR) is 150 cm³/mol. The predicted octanol–water partition coefficient (Wildman–Crippen LogP) is 4.73. The van der Waals surface area contributed by atoms with Crippen molar-refractivity contribution in [3.63, 3.8) is 0 Å². The lowest BCUT2D eigenvalue weighted by Crippen LogP contribution is -2.27. The Morgan fingerprint density at radius 2 is 1.82 bits per heavy atom. The van der Waals surface area contributed by atoms with E-state index in [0.29, 0.717) is 40.3 Å². The van der Waals surface area contributed by atoms with Gasteiger partial charge in [-0.25, -0.2) is 9.97 Å². The van der Waals surface area contributed by atoms with Crippen molar-refractivity contribution in [1.29, 1.82) is 0 Å². The molecule has 0 spiro atoms. The molecule has 2 amide bonds. The molecular formula is C28H21BrN6O4. The molecule has 3 aromatic carbocycles. The lowest BCUT2D eigenvalue weighted by Gasteiger charge is -2.12. The van der Waals surface area contributed by atoms with Gasteiger partial charge in [0.15, 0.2) is 0 Å². The summed E-state index contributed by atoms with van der Waals surface area (Å²) >= 11 is 3.42. The number of nitro groups is 1. The highest BCUT2D eigenvalue weighted by atomic mass is 79.9. The third kappa shape index (κ3) is 6.21. The van der Waals surface area contributed by atoms with E-state index < -0.39 is 11.0 Å². The highest BCUT2D eigenvalue weighted by molar-refractivity contribution is 9.10. The number of aliphatic imine (C=N–C) groups is 1. The molecule has 0 fully saturated rings. The van der Waals surface area contributed by atoms with Crippen molar-refractivity contribution in [2.45, 2.75) is 18.9 Å². The fourth-order valence-electron chi connectivity index (χ4n) is 4.17. The lowest BCUT2D eigenvalue weighted by molar-refractivity contribution is -0.384. The molecule has 11 heteroatoms. The minimum Gasteiger partial charge on any atom is -0.326 e. The Hall–Kier alpha value is -4.77. The molecule has 4 aromatic rings. The molecule has 39 heavy (non-hydrogen) atoms. The number of non-ortho nitro benzene ring substituents is 1. The maximum absolute atomic E-state index is 13.2. The maximum atomic E-state index is 13.2. The Bertz CT molecular complexity index is 1570. The number of anilines is 2. The average molecular weight is 585 g/mol. The van der Waals surface area contributed by atoms with Crippen LogP contribution in [0.1, 0.15) is 22.4 Å². The van der Waals surface area contributed by atoms with Crippen molar-refractivity contribution >= 4 is 50.5 Å². The number of benzene rings is 3. The second-order valence-corrected chi connectivity index (χ2v) is 9.72. The second-order valence-electron chi connectivity index (χ2n) is 8.80. The number of carbonyl (C=O) groups is 2. The first-order chi connectivity index (χ1) is 18.9. The normalized spacial score (nSPS) is 14.4. The molecule has 0 radical (unpaired) electrons. The van der Waals surface area contributed by atoms with Crippen LogP contribution in [-0.2, 0) is 22.4 Å². The van der Waals surface area contributed by atoms with Crippen LogP contribution in [0.15, 0.2) is 94.8 Å². The maximum Gasteiger partial charge on any atom is 0.271 e. The summed E-state index contributed by atoms with van der Waals surface area (Å²) in [4.78, 5) is 49.2. The Morgan fingerprint density at radius 1 is 1.05 bits per heavy atom. The third-order valence-electron chi connectivity index (χ3n) is 6.08. The number of hydrogen-bond acceptors (Lipinski definition) is 7. The van der Waals surface area contributed by atoms with E-state index in [1.54, 1.807) is 42.6 Å². The molecule has 1 aromatic heterocycles. The van der Waals surface area contributed by atoms with Crippen molar-refractivity contribution in [2.75, 3.05) is 10.6 Å². The summed E-state index contributed by atoms with van der Waals surface area (Å²) in [5.41, 5.74) is 4.04. The lowest BCUT2D eigenvalue weighted by atomic mass is 9.99. The zero-order valence-corrected chi connectivity index (χ0v) is 22.0. The highest BCUT2D eigenvalue weighted by Gasteiger charge is 2.27. The van der Waals surface area contributed by atoms with Crippen LogP contribution in [0.5, 0.6) is 0 Å². The van der Waals surface area contributed by atoms with Crippen molar-refractivity contribution < 1.29 is 14.5 Å². The zero-order chi connectivity index (χ0) is 27.4. The summed E-state index contributed by atoms with van der Waals surface area (Å²) in [5.74, 6) is -0.585. The molecule has 1 unspecified atom stereocenters. The van der Waals surface area contributed by atoms with E-state index in [2.05, 4.69) is 36.5 Å². The van der Waals surface area contributed by atoms with E-state index in [-0.39, 0.29) is 23.9 Å². The number of amides is 2. The minimum absolute atomic E-state index is 0.106. The Morgan fingerprint density at radius 3 is 2.51 bits per heavy atom. The standard InChI is InChI=1S/C28H21BrN6O4/c29-19-5-1-17(2-6-19)13-25-28(37)34-24-15-22(35(38)39)9-10-23(24)27(33-25)18-3-7-20(8-4-18)32-26(36)14-21-11-12-30-16-31-21/h1-12,15-16,25H,13-14H2,(H,32,36)(H,34,37). The number of rotatable bonds is 7. The summed E-state index contributed by atoms with van der Waals surface area (Å²) in [5, 5.41) is 17.1. The van der Waals surface area contributed by atoms with Gasteiger partial charge in [0.25, 0.3) is 5.69 Å². The number of carbonyl (C=O) groups excluding carboxylic acids is 2. The van der Waals surface area contributed by atoms with Crippen LogP contribution in [0.3, 0.4) is 0 Å². The SMILES string of the molecule is O=C(Cc1ccncn1)Nc1ccc(C2=NC(Cc3ccc(Br)cc3)C(=O)Nc3cc([N+](=O)[O-])ccc32)cc1. The van der Waals surface area contributed by atoms with Crippen LogP contribution >= 0.6 is 15.9 Å². The van der Waals surface area contributed by atoms with Gasteiger partial charge in [0, 0.05) is 46.0 Å². The number of benzodiazepines with no additional fused rings is 1. The minimum atomic E-state index is -0.764. The van der Waals surface area contributed by atoms with E-state index in [4.69, 9.17) is 4.99 Å². The van der Waals surface area contributed by atoms with Gasteiger partial charge >= 0.3 is 0 Å². The molecule has 0 saturated heterocycles. The molecule has 1 atom stereocenters. The molecule has 0 saturated carbocycles. The summed E-state index contributed by atoms with van der Waals surface area (Å²) in [7, 11) is 0. The quantitative estimate of drug-likeness (QED) is 0.238. The van der Waals surface area contributed by atoms with E-state index in [1.165, 1.54) is 18.5 Å². The Kier molecular flexibility index (Phi) is 7.50. The van der Waals surface area contributed by atoms with Crippen LogP contribution in [0, 0.1) is 10.1 Å². The average Bonchev–Trinajstić information content (AvgIpc) is 3.06. The molecule has 194 valence electrons. The van der Waals surface area contributed by atoms with Crippen molar-refractivity contribution in [3.05, 3.63) is 122 Å². The summed E-state index contributed by atoms with van der Waals surface area (Å²) in [6.07, 6.45) is 3.42. The van der Waals surface area contributed by atoms with Gasteiger partial charge in [0.2, 0.25) is 11.8 Å². The molecule has 0 aliphatic carbocycles. The van der Waals surface area contributed by atoms with Crippen molar-refractivity contribution in [2.24, 2.45) is 4.99 Å². The van der Waals surface area contributed by atoms with E-state index in [1.807, 2.05) is 24.3 Å². The monoisotopic (exact) mass is 584 g/mol. The molecule has 2 N–H and O–H groups in total.